The van der Waals surface area contributed by atoms with Gasteiger partial charge in [0.15, 0.2) is 0 Å². The summed E-state index contributed by atoms with van der Waals surface area (Å²) >= 11 is 0. The van der Waals surface area contributed by atoms with Crippen LogP contribution in [-0.2, 0) is 9.53 Å². The molecule has 0 atom stereocenters. The van der Waals surface area contributed by atoms with Crippen molar-refractivity contribution in [2.45, 2.75) is 26.4 Å². The molecule has 0 saturated carbocycles. The Hall–Kier alpha value is -1.85. The van der Waals surface area contributed by atoms with E-state index in [1.807, 2.05) is 25.8 Å². The molecular weight excluding hydrogens is 234 g/mol. The number of ether oxygens (including phenoxy) is 2. The second-order valence-electron chi connectivity index (χ2n) is 4.13. The zero-order chi connectivity index (χ0) is 13.5. The monoisotopic (exact) mass is 253 g/mol. The Bertz CT molecular complexity index is 396. The maximum absolute atomic E-state index is 11.1. The number of methoxy groups -OCH3 is 1. The van der Waals surface area contributed by atoms with Gasteiger partial charge in [-0.15, -0.1) is 0 Å². The molecule has 1 aromatic heterocycles. The molecule has 0 saturated heterocycles. The fraction of sp³-hybridized carbons (Fsp3) is 0.583. The Morgan fingerprint density at radius 3 is 2.78 bits per heavy atom. The summed E-state index contributed by atoms with van der Waals surface area (Å²) in [5, 5.41) is 0. The molecule has 0 aliphatic carbocycles. The molecule has 0 unspecified atom stereocenters. The quantitative estimate of drug-likeness (QED) is 0.711. The number of carbonyl (C=O) groups is 1. The van der Waals surface area contributed by atoms with E-state index in [1.165, 1.54) is 13.4 Å². The molecule has 0 fully saturated rings. The van der Waals surface area contributed by atoms with Gasteiger partial charge in [-0.3, -0.25) is 4.79 Å². The predicted octanol–water partition coefficient (Wildman–Crippen LogP) is 1.26. The molecule has 0 bridgehead atoms. The zero-order valence-electron chi connectivity index (χ0n) is 11.2. The summed E-state index contributed by atoms with van der Waals surface area (Å²) in [5.41, 5.74) is 0. The summed E-state index contributed by atoms with van der Waals surface area (Å²) in [5.74, 6) is 0.999. The van der Waals surface area contributed by atoms with Crippen LogP contribution in [0.1, 0.15) is 20.3 Å². The fourth-order valence-corrected chi connectivity index (χ4v) is 1.32. The number of anilines is 1. The summed E-state index contributed by atoms with van der Waals surface area (Å²) in [7, 11) is 3.23. The van der Waals surface area contributed by atoms with E-state index in [9.17, 15) is 4.79 Å². The second-order valence-corrected chi connectivity index (χ2v) is 4.13. The highest BCUT2D eigenvalue weighted by atomic mass is 16.5. The molecule has 1 rings (SSSR count). The van der Waals surface area contributed by atoms with Crippen LogP contribution in [-0.4, -0.2) is 42.7 Å². The van der Waals surface area contributed by atoms with Crippen LogP contribution in [0.4, 0.5) is 5.82 Å². The van der Waals surface area contributed by atoms with Crippen LogP contribution in [0.25, 0.3) is 0 Å². The molecule has 1 heterocycles. The first-order chi connectivity index (χ1) is 8.52. The van der Waals surface area contributed by atoms with E-state index in [4.69, 9.17) is 4.74 Å². The lowest BCUT2D eigenvalue weighted by Gasteiger charge is -2.18. The van der Waals surface area contributed by atoms with E-state index in [0.29, 0.717) is 24.7 Å². The maximum atomic E-state index is 11.1. The molecule has 0 N–H and O–H groups in total. The van der Waals surface area contributed by atoms with Crippen molar-refractivity contribution < 1.29 is 14.3 Å². The number of rotatable bonds is 6. The first kappa shape index (κ1) is 14.2. The van der Waals surface area contributed by atoms with Crippen LogP contribution in [0.3, 0.4) is 0 Å². The molecule has 0 radical (unpaired) electrons. The molecule has 6 heteroatoms. The van der Waals surface area contributed by atoms with E-state index >= 15 is 0 Å². The van der Waals surface area contributed by atoms with E-state index in [2.05, 4.69) is 14.7 Å². The van der Waals surface area contributed by atoms with E-state index in [1.54, 1.807) is 6.07 Å². The van der Waals surface area contributed by atoms with Gasteiger partial charge in [0.2, 0.25) is 5.88 Å². The first-order valence-corrected chi connectivity index (χ1v) is 5.79. The first-order valence-electron chi connectivity index (χ1n) is 5.79. The van der Waals surface area contributed by atoms with Crippen LogP contribution in [0, 0.1) is 0 Å². The minimum Gasteiger partial charge on any atom is -0.475 e. The van der Waals surface area contributed by atoms with Crippen molar-refractivity contribution in [2.75, 3.05) is 25.6 Å². The molecule has 0 aliphatic rings. The number of esters is 1. The van der Waals surface area contributed by atoms with Crippen LogP contribution < -0.4 is 9.64 Å². The van der Waals surface area contributed by atoms with Gasteiger partial charge in [-0.05, 0) is 13.8 Å². The summed E-state index contributed by atoms with van der Waals surface area (Å²) in [6, 6.07) is 1.75. The molecule has 0 amide bonds. The average molecular weight is 253 g/mol. The Labute approximate surface area is 107 Å². The molecule has 0 spiro atoms. The number of nitrogens with zero attached hydrogens (tertiary/aromatic N) is 3. The standard InChI is InChI=1S/C12H19N3O3/c1-9(2)18-11-7-10(13-8-14-11)15(3)6-5-12(16)17-4/h7-9H,5-6H2,1-4H3. The normalized spacial score (nSPS) is 10.3. The van der Waals surface area contributed by atoms with Gasteiger partial charge in [0, 0.05) is 19.7 Å². The van der Waals surface area contributed by atoms with Gasteiger partial charge in [0.25, 0.3) is 0 Å². The van der Waals surface area contributed by atoms with Crippen molar-refractivity contribution in [1.82, 2.24) is 9.97 Å². The lowest BCUT2D eigenvalue weighted by molar-refractivity contribution is -0.140. The summed E-state index contributed by atoms with van der Waals surface area (Å²) < 4.78 is 10.1. The van der Waals surface area contributed by atoms with Gasteiger partial charge in [-0.2, -0.15) is 0 Å². The van der Waals surface area contributed by atoms with Crippen molar-refractivity contribution in [3.63, 3.8) is 0 Å². The summed E-state index contributed by atoms with van der Waals surface area (Å²) in [4.78, 5) is 21.1. The van der Waals surface area contributed by atoms with Crippen LogP contribution in [0.2, 0.25) is 0 Å². The molecular formula is C12H19N3O3. The van der Waals surface area contributed by atoms with Gasteiger partial charge < -0.3 is 14.4 Å². The smallest absolute Gasteiger partial charge is 0.307 e. The van der Waals surface area contributed by atoms with Gasteiger partial charge in [-0.1, -0.05) is 0 Å². The van der Waals surface area contributed by atoms with E-state index in [-0.39, 0.29) is 12.1 Å². The Morgan fingerprint density at radius 2 is 2.17 bits per heavy atom. The van der Waals surface area contributed by atoms with Crippen molar-refractivity contribution in [3.8, 4) is 5.88 Å². The molecule has 0 aliphatic heterocycles. The largest absolute Gasteiger partial charge is 0.475 e. The van der Waals surface area contributed by atoms with Crippen molar-refractivity contribution in [3.05, 3.63) is 12.4 Å². The van der Waals surface area contributed by atoms with Gasteiger partial charge >= 0.3 is 5.97 Å². The summed E-state index contributed by atoms with van der Waals surface area (Å²) in [6.45, 7) is 4.40. The number of hydrogen-bond donors (Lipinski definition) is 0. The predicted molar refractivity (Wildman–Crippen MR) is 67.7 cm³/mol. The van der Waals surface area contributed by atoms with E-state index < -0.39 is 0 Å². The Balaban J connectivity index is 2.62. The van der Waals surface area contributed by atoms with Crippen molar-refractivity contribution in [1.29, 1.82) is 0 Å². The average Bonchev–Trinajstić information content (AvgIpc) is 2.35. The van der Waals surface area contributed by atoms with E-state index in [0.717, 1.165) is 0 Å². The lowest BCUT2D eigenvalue weighted by atomic mass is 10.4. The van der Waals surface area contributed by atoms with Crippen molar-refractivity contribution in [2.24, 2.45) is 0 Å². The molecule has 18 heavy (non-hydrogen) atoms. The lowest BCUT2D eigenvalue weighted by Crippen LogP contribution is -2.22. The third-order valence-electron chi connectivity index (χ3n) is 2.25. The Morgan fingerprint density at radius 1 is 1.44 bits per heavy atom. The SMILES string of the molecule is COC(=O)CCN(C)c1cc(OC(C)C)ncn1. The molecule has 1 aromatic rings. The van der Waals surface area contributed by atoms with Crippen LogP contribution >= 0.6 is 0 Å². The number of carbonyl (C=O) groups excluding carboxylic acids is 1. The Kier molecular flexibility index (Phi) is 5.35. The van der Waals surface area contributed by atoms with Gasteiger partial charge in [0.1, 0.15) is 12.1 Å². The van der Waals surface area contributed by atoms with Crippen LogP contribution in [0.15, 0.2) is 12.4 Å². The van der Waals surface area contributed by atoms with Crippen molar-refractivity contribution >= 4 is 11.8 Å². The third-order valence-corrected chi connectivity index (χ3v) is 2.25. The third kappa shape index (κ3) is 4.57. The zero-order valence-corrected chi connectivity index (χ0v) is 11.2. The number of aromatic nitrogens is 2. The molecule has 0 aromatic carbocycles. The highest BCUT2D eigenvalue weighted by Crippen LogP contribution is 2.15. The fourth-order valence-electron chi connectivity index (χ4n) is 1.32. The highest BCUT2D eigenvalue weighted by Gasteiger charge is 2.08. The summed E-state index contributed by atoms with van der Waals surface area (Å²) in [6.07, 6.45) is 1.83. The highest BCUT2D eigenvalue weighted by molar-refractivity contribution is 5.69. The topological polar surface area (TPSA) is 64.5 Å². The second kappa shape index (κ2) is 6.78. The number of hydrogen-bond acceptors (Lipinski definition) is 6. The minimum absolute atomic E-state index is 0.0631. The minimum atomic E-state index is -0.241. The maximum Gasteiger partial charge on any atom is 0.307 e. The van der Waals surface area contributed by atoms with Crippen LogP contribution in [0.5, 0.6) is 5.88 Å². The molecule has 6 nitrogen and oxygen atoms in total. The van der Waals surface area contributed by atoms with Gasteiger partial charge in [-0.25, -0.2) is 9.97 Å². The molecule has 100 valence electrons. The van der Waals surface area contributed by atoms with Gasteiger partial charge in [0.05, 0.1) is 19.6 Å².